The molecule has 6 heteroatoms. The fourth-order valence-corrected chi connectivity index (χ4v) is 2.45. The van der Waals surface area contributed by atoms with Crippen molar-refractivity contribution in [2.45, 2.75) is 12.5 Å². The summed E-state index contributed by atoms with van der Waals surface area (Å²) in [7, 11) is 0. The molecule has 0 heterocycles. The lowest BCUT2D eigenvalue weighted by atomic mass is 10.1. The summed E-state index contributed by atoms with van der Waals surface area (Å²) < 4.78 is 12.9. The van der Waals surface area contributed by atoms with Crippen LogP contribution in [0.4, 0.5) is 4.39 Å². The minimum absolute atomic E-state index is 0.0438. The van der Waals surface area contributed by atoms with Crippen LogP contribution in [0, 0.1) is 17.1 Å². The SMILES string of the molecule is N#C[C@H](NC(=O)Cc1c(Cl)cccc1Cl)c1ccc(F)cc1. The zero-order valence-corrected chi connectivity index (χ0v) is 12.8. The maximum atomic E-state index is 12.9. The Bertz CT molecular complexity index is 706. The van der Waals surface area contributed by atoms with E-state index < -0.39 is 17.8 Å². The third-order valence-corrected chi connectivity index (χ3v) is 3.75. The quantitative estimate of drug-likeness (QED) is 0.915. The molecule has 2 aromatic rings. The number of nitrogens with zero attached hydrogens (tertiary/aromatic N) is 1. The van der Waals surface area contributed by atoms with Crippen molar-refractivity contribution in [2.75, 3.05) is 0 Å². The zero-order chi connectivity index (χ0) is 16.1. The van der Waals surface area contributed by atoms with Gasteiger partial charge in [-0.15, -0.1) is 0 Å². The number of nitrogens with one attached hydrogen (secondary N) is 1. The molecule has 0 spiro atoms. The van der Waals surface area contributed by atoms with E-state index in [-0.39, 0.29) is 6.42 Å². The van der Waals surface area contributed by atoms with E-state index in [1.54, 1.807) is 18.2 Å². The van der Waals surface area contributed by atoms with E-state index >= 15 is 0 Å². The van der Waals surface area contributed by atoms with Gasteiger partial charge < -0.3 is 5.32 Å². The van der Waals surface area contributed by atoms with Crippen LogP contribution in [0.15, 0.2) is 42.5 Å². The van der Waals surface area contributed by atoms with E-state index in [1.807, 2.05) is 6.07 Å². The topological polar surface area (TPSA) is 52.9 Å². The molecule has 1 amide bonds. The van der Waals surface area contributed by atoms with E-state index in [1.165, 1.54) is 24.3 Å². The Labute approximate surface area is 137 Å². The lowest BCUT2D eigenvalue weighted by Gasteiger charge is -2.13. The first-order valence-electron chi connectivity index (χ1n) is 6.38. The molecule has 0 saturated heterocycles. The molecule has 3 nitrogen and oxygen atoms in total. The van der Waals surface area contributed by atoms with Gasteiger partial charge in [0.05, 0.1) is 12.5 Å². The number of hydrogen-bond donors (Lipinski definition) is 1. The Morgan fingerprint density at radius 3 is 2.32 bits per heavy atom. The number of carbonyl (C=O) groups is 1. The highest BCUT2D eigenvalue weighted by Gasteiger charge is 2.16. The van der Waals surface area contributed by atoms with Crippen LogP contribution in [-0.4, -0.2) is 5.91 Å². The summed E-state index contributed by atoms with van der Waals surface area (Å²) in [6, 6.07) is 11.4. The minimum Gasteiger partial charge on any atom is -0.336 e. The summed E-state index contributed by atoms with van der Waals surface area (Å²) in [4.78, 5) is 12.1. The molecule has 0 aliphatic rings. The van der Waals surface area contributed by atoms with Crippen molar-refractivity contribution in [3.8, 4) is 6.07 Å². The molecule has 0 aromatic heterocycles. The molecular formula is C16H11Cl2FN2O. The zero-order valence-electron chi connectivity index (χ0n) is 11.3. The predicted octanol–water partition coefficient (Wildman–Crippen LogP) is 4.06. The maximum absolute atomic E-state index is 12.9. The van der Waals surface area contributed by atoms with Gasteiger partial charge in [0.1, 0.15) is 11.9 Å². The summed E-state index contributed by atoms with van der Waals surface area (Å²) in [5.74, 6) is -0.805. The van der Waals surface area contributed by atoms with Crippen LogP contribution in [0.25, 0.3) is 0 Å². The van der Waals surface area contributed by atoms with Crippen molar-refractivity contribution in [1.29, 1.82) is 5.26 Å². The highest BCUT2D eigenvalue weighted by atomic mass is 35.5. The molecule has 0 unspecified atom stereocenters. The van der Waals surface area contributed by atoms with Gasteiger partial charge in [-0.25, -0.2) is 4.39 Å². The number of rotatable bonds is 4. The van der Waals surface area contributed by atoms with Crippen molar-refractivity contribution in [3.05, 3.63) is 69.5 Å². The van der Waals surface area contributed by atoms with Crippen LogP contribution in [0.3, 0.4) is 0 Å². The van der Waals surface area contributed by atoms with E-state index in [9.17, 15) is 9.18 Å². The molecule has 0 fully saturated rings. The van der Waals surface area contributed by atoms with Crippen LogP contribution < -0.4 is 5.32 Å². The summed E-state index contributed by atoms with van der Waals surface area (Å²) >= 11 is 12.0. The normalized spacial score (nSPS) is 11.5. The summed E-state index contributed by atoms with van der Waals surface area (Å²) in [5, 5.41) is 12.5. The first kappa shape index (κ1) is 16.3. The highest BCUT2D eigenvalue weighted by molar-refractivity contribution is 6.36. The smallest absolute Gasteiger partial charge is 0.225 e. The molecular weight excluding hydrogens is 326 g/mol. The molecule has 0 aliphatic heterocycles. The van der Waals surface area contributed by atoms with E-state index in [2.05, 4.69) is 5.32 Å². The number of amides is 1. The molecule has 0 aliphatic carbocycles. The lowest BCUT2D eigenvalue weighted by Crippen LogP contribution is -2.29. The molecule has 0 bridgehead atoms. The van der Waals surface area contributed by atoms with Gasteiger partial charge in [0.2, 0.25) is 5.91 Å². The monoisotopic (exact) mass is 336 g/mol. The van der Waals surface area contributed by atoms with Gasteiger partial charge in [-0.3, -0.25) is 4.79 Å². The number of nitriles is 1. The number of hydrogen-bond acceptors (Lipinski definition) is 2. The van der Waals surface area contributed by atoms with Crippen molar-refractivity contribution in [3.63, 3.8) is 0 Å². The van der Waals surface area contributed by atoms with Crippen molar-refractivity contribution in [2.24, 2.45) is 0 Å². The third-order valence-electron chi connectivity index (χ3n) is 3.04. The molecule has 0 radical (unpaired) electrons. The summed E-state index contributed by atoms with van der Waals surface area (Å²) in [6.45, 7) is 0. The molecule has 112 valence electrons. The first-order valence-corrected chi connectivity index (χ1v) is 7.14. The van der Waals surface area contributed by atoms with Crippen LogP contribution in [0.2, 0.25) is 10.0 Å². The largest absolute Gasteiger partial charge is 0.336 e. The van der Waals surface area contributed by atoms with Gasteiger partial charge in [-0.05, 0) is 35.4 Å². The van der Waals surface area contributed by atoms with E-state index in [4.69, 9.17) is 28.5 Å². The average Bonchev–Trinajstić information content (AvgIpc) is 2.50. The maximum Gasteiger partial charge on any atom is 0.225 e. The van der Waals surface area contributed by atoms with Crippen molar-refractivity contribution < 1.29 is 9.18 Å². The second-order valence-corrected chi connectivity index (χ2v) is 5.37. The predicted molar refractivity (Wildman–Crippen MR) is 83.1 cm³/mol. The van der Waals surface area contributed by atoms with Gasteiger partial charge in [0, 0.05) is 10.0 Å². The molecule has 2 aromatic carbocycles. The Hall–Kier alpha value is -2.09. The standard InChI is InChI=1S/C16H11Cl2FN2O/c17-13-2-1-3-14(18)12(13)8-16(22)21-15(9-20)10-4-6-11(19)7-5-10/h1-7,15H,8H2,(H,21,22)/t15-/m0/s1. The molecule has 1 N–H and O–H groups in total. The fraction of sp³-hybridized carbons (Fsp3) is 0.125. The Morgan fingerprint density at radius 1 is 1.18 bits per heavy atom. The second kappa shape index (κ2) is 7.26. The van der Waals surface area contributed by atoms with E-state index in [0.717, 1.165) is 0 Å². The van der Waals surface area contributed by atoms with Crippen LogP contribution in [0.1, 0.15) is 17.2 Å². The Kier molecular flexibility index (Phi) is 5.37. The molecule has 2 rings (SSSR count). The Balaban J connectivity index is 2.10. The first-order chi connectivity index (χ1) is 10.5. The summed E-state index contributed by atoms with van der Waals surface area (Å²) in [6.07, 6.45) is -0.0438. The van der Waals surface area contributed by atoms with Gasteiger partial charge >= 0.3 is 0 Å². The average molecular weight is 337 g/mol. The Morgan fingerprint density at radius 2 is 1.77 bits per heavy atom. The minimum atomic E-state index is -0.866. The summed E-state index contributed by atoms with van der Waals surface area (Å²) in [5.41, 5.74) is 1.00. The fourth-order valence-electron chi connectivity index (χ4n) is 1.92. The number of carbonyl (C=O) groups excluding carboxylic acids is 1. The van der Waals surface area contributed by atoms with Gasteiger partial charge in [0.15, 0.2) is 0 Å². The van der Waals surface area contributed by atoms with Crippen LogP contribution >= 0.6 is 23.2 Å². The number of benzene rings is 2. The number of halogens is 3. The van der Waals surface area contributed by atoms with Crippen LogP contribution in [0.5, 0.6) is 0 Å². The van der Waals surface area contributed by atoms with Crippen LogP contribution in [-0.2, 0) is 11.2 Å². The van der Waals surface area contributed by atoms with Gasteiger partial charge in [0.25, 0.3) is 0 Å². The third kappa shape index (κ3) is 3.97. The highest BCUT2D eigenvalue weighted by Crippen LogP contribution is 2.25. The van der Waals surface area contributed by atoms with E-state index in [0.29, 0.717) is 21.2 Å². The second-order valence-electron chi connectivity index (χ2n) is 4.56. The lowest BCUT2D eigenvalue weighted by molar-refractivity contribution is -0.120. The molecule has 0 saturated carbocycles. The van der Waals surface area contributed by atoms with Crippen molar-refractivity contribution in [1.82, 2.24) is 5.32 Å². The van der Waals surface area contributed by atoms with Gasteiger partial charge in [-0.2, -0.15) is 5.26 Å². The van der Waals surface area contributed by atoms with Crippen molar-refractivity contribution >= 4 is 29.1 Å². The molecule has 1 atom stereocenters. The molecule has 22 heavy (non-hydrogen) atoms. The van der Waals surface area contributed by atoms with Gasteiger partial charge in [-0.1, -0.05) is 41.4 Å².